The molecule has 1 unspecified atom stereocenters. The monoisotopic (exact) mass is 249 g/mol. The molecule has 0 heterocycles. The molecule has 0 aromatic heterocycles. The highest BCUT2D eigenvalue weighted by Gasteiger charge is 2.29. The number of ether oxygens (including phenoxy) is 1. The van der Waals surface area contributed by atoms with Crippen LogP contribution in [0, 0.1) is 0 Å². The van der Waals surface area contributed by atoms with Gasteiger partial charge in [-0.2, -0.15) is 0 Å². The first-order valence-electron chi connectivity index (χ1n) is 6.31. The number of hydrogen-bond acceptors (Lipinski definition) is 3. The maximum absolute atomic E-state index is 11.2. The number of carboxylic acid groups (broad SMARTS) is 1. The van der Waals surface area contributed by atoms with Crippen molar-refractivity contribution in [3.8, 4) is 5.75 Å². The van der Waals surface area contributed by atoms with Gasteiger partial charge in [0.15, 0.2) is 0 Å². The number of benzene rings is 1. The van der Waals surface area contributed by atoms with E-state index in [0.29, 0.717) is 6.04 Å². The molecule has 1 saturated carbocycles. The quantitative estimate of drug-likeness (QED) is 0.812. The van der Waals surface area contributed by atoms with Gasteiger partial charge >= 0.3 is 5.97 Å². The lowest BCUT2D eigenvalue weighted by atomic mass is 10.1. The second-order valence-corrected chi connectivity index (χ2v) is 4.95. The Kier molecular flexibility index (Phi) is 3.87. The summed E-state index contributed by atoms with van der Waals surface area (Å²) in [5, 5.41) is 12.4. The minimum absolute atomic E-state index is 0.121. The highest BCUT2D eigenvalue weighted by molar-refractivity contribution is 5.75. The Labute approximate surface area is 107 Å². The minimum atomic E-state index is -0.834. The van der Waals surface area contributed by atoms with Crippen LogP contribution in [0.5, 0.6) is 5.75 Å². The number of aliphatic carboxylic acids is 1. The average Bonchev–Trinajstić information content (AvgIpc) is 3.10. The SMILES string of the molecule is CC(C)Oc1ccc(C(NC2CC2)C(=O)O)cc1. The fourth-order valence-corrected chi connectivity index (χ4v) is 1.81. The van der Waals surface area contributed by atoms with Crippen LogP contribution in [0.1, 0.15) is 38.3 Å². The van der Waals surface area contributed by atoms with Gasteiger partial charge in [-0.15, -0.1) is 0 Å². The van der Waals surface area contributed by atoms with Gasteiger partial charge in [-0.05, 0) is 44.4 Å². The van der Waals surface area contributed by atoms with Crippen molar-refractivity contribution in [1.82, 2.24) is 5.32 Å². The van der Waals surface area contributed by atoms with Gasteiger partial charge in [-0.3, -0.25) is 10.1 Å². The molecule has 1 aromatic rings. The third kappa shape index (κ3) is 3.47. The molecule has 0 amide bonds. The Morgan fingerprint density at radius 3 is 2.39 bits per heavy atom. The van der Waals surface area contributed by atoms with E-state index < -0.39 is 12.0 Å². The van der Waals surface area contributed by atoms with Crippen LogP contribution >= 0.6 is 0 Å². The Morgan fingerprint density at radius 1 is 1.33 bits per heavy atom. The summed E-state index contributed by atoms with van der Waals surface area (Å²) in [6, 6.07) is 7.00. The zero-order valence-corrected chi connectivity index (χ0v) is 10.7. The number of carboxylic acids is 1. The molecule has 1 fully saturated rings. The lowest BCUT2D eigenvalue weighted by Gasteiger charge is -2.15. The molecule has 0 saturated heterocycles. The fraction of sp³-hybridized carbons (Fsp3) is 0.500. The smallest absolute Gasteiger partial charge is 0.325 e. The van der Waals surface area contributed by atoms with Crippen LogP contribution in [0.15, 0.2) is 24.3 Å². The molecule has 4 heteroatoms. The Bertz CT molecular complexity index is 410. The predicted octanol–water partition coefficient (Wildman–Crippen LogP) is 2.35. The molecule has 1 atom stereocenters. The second-order valence-electron chi connectivity index (χ2n) is 4.95. The second kappa shape index (κ2) is 5.40. The van der Waals surface area contributed by atoms with Crippen molar-refractivity contribution in [3.63, 3.8) is 0 Å². The first-order valence-corrected chi connectivity index (χ1v) is 6.31. The van der Waals surface area contributed by atoms with E-state index in [0.717, 1.165) is 24.2 Å². The van der Waals surface area contributed by atoms with Gasteiger partial charge in [0.1, 0.15) is 11.8 Å². The fourth-order valence-electron chi connectivity index (χ4n) is 1.81. The van der Waals surface area contributed by atoms with Crippen molar-refractivity contribution in [1.29, 1.82) is 0 Å². The Morgan fingerprint density at radius 2 is 1.94 bits per heavy atom. The van der Waals surface area contributed by atoms with Crippen LogP contribution in [-0.4, -0.2) is 23.2 Å². The lowest BCUT2D eigenvalue weighted by molar-refractivity contribution is -0.139. The van der Waals surface area contributed by atoms with Gasteiger partial charge in [-0.25, -0.2) is 0 Å². The number of rotatable bonds is 6. The van der Waals surface area contributed by atoms with Crippen LogP contribution < -0.4 is 10.1 Å². The van der Waals surface area contributed by atoms with Crippen molar-refractivity contribution in [2.24, 2.45) is 0 Å². The summed E-state index contributed by atoms with van der Waals surface area (Å²) in [5.74, 6) is -0.0660. The zero-order chi connectivity index (χ0) is 13.1. The normalized spacial score (nSPS) is 16.6. The van der Waals surface area contributed by atoms with Crippen molar-refractivity contribution >= 4 is 5.97 Å². The third-order valence-electron chi connectivity index (χ3n) is 2.81. The molecule has 18 heavy (non-hydrogen) atoms. The molecule has 0 radical (unpaired) electrons. The molecule has 0 spiro atoms. The average molecular weight is 249 g/mol. The van der Waals surface area contributed by atoms with Gasteiger partial charge in [0, 0.05) is 6.04 Å². The predicted molar refractivity (Wildman–Crippen MR) is 68.7 cm³/mol. The van der Waals surface area contributed by atoms with Gasteiger partial charge in [0.05, 0.1) is 6.10 Å². The number of nitrogens with one attached hydrogen (secondary N) is 1. The van der Waals surface area contributed by atoms with Gasteiger partial charge in [0.25, 0.3) is 0 Å². The Balaban J connectivity index is 2.07. The van der Waals surface area contributed by atoms with Crippen molar-refractivity contribution in [3.05, 3.63) is 29.8 Å². The van der Waals surface area contributed by atoms with E-state index in [2.05, 4.69) is 5.32 Å². The van der Waals surface area contributed by atoms with Crippen molar-refractivity contribution < 1.29 is 14.6 Å². The van der Waals surface area contributed by atoms with E-state index in [1.807, 2.05) is 38.1 Å². The molecule has 1 aromatic carbocycles. The first kappa shape index (κ1) is 12.9. The van der Waals surface area contributed by atoms with Crippen LogP contribution in [0.4, 0.5) is 0 Å². The third-order valence-corrected chi connectivity index (χ3v) is 2.81. The summed E-state index contributed by atoms with van der Waals surface area (Å²) in [5.41, 5.74) is 0.769. The summed E-state index contributed by atoms with van der Waals surface area (Å²) in [6.07, 6.45) is 2.26. The molecule has 0 bridgehead atoms. The molecule has 2 rings (SSSR count). The van der Waals surface area contributed by atoms with Crippen LogP contribution in [-0.2, 0) is 4.79 Å². The molecular formula is C14H19NO3. The van der Waals surface area contributed by atoms with Crippen LogP contribution in [0.25, 0.3) is 0 Å². The summed E-state index contributed by atoms with van der Waals surface area (Å²) >= 11 is 0. The molecule has 0 aliphatic heterocycles. The summed E-state index contributed by atoms with van der Waals surface area (Å²) < 4.78 is 5.53. The van der Waals surface area contributed by atoms with E-state index in [1.165, 1.54) is 0 Å². The van der Waals surface area contributed by atoms with E-state index >= 15 is 0 Å². The highest BCUT2D eigenvalue weighted by Crippen LogP contribution is 2.25. The van der Waals surface area contributed by atoms with Gasteiger partial charge in [0.2, 0.25) is 0 Å². The van der Waals surface area contributed by atoms with Crippen LogP contribution in [0.2, 0.25) is 0 Å². The largest absolute Gasteiger partial charge is 0.491 e. The van der Waals surface area contributed by atoms with E-state index in [4.69, 9.17) is 4.74 Å². The number of carbonyl (C=O) groups is 1. The Hall–Kier alpha value is -1.55. The molecule has 98 valence electrons. The van der Waals surface area contributed by atoms with E-state index in [-0.39, 0.29) is 6.10 Å². The number of hydrogen-bond donors (Lipinski definition) is 2. The molecule has 2 N–H and O–H groups in total. The van der Waals surface area contributed by atoms with Gasteiger partial charge in [-0.1, -0.05) is 12.1 Å². The zero-order valence-electron chi connectivity index (χ0n) is 10.7. The highest BCUT2D eigenvalue weighted by atomic mass is 16.5. The lowest BCUT2D eigenvalue weighted by Crippen LogP contribution is -2.30. The van der Waals surface area contributed by atoms with Crippen molar-refractivity contribution in [2.75, 3.05) is 0 Å². The summed E-state index contributed by atoms with van der Waals surface area (Å²) in [4.78, 5) is 11.2. The first-order chi connectivity index (χ1) is 8.56. The van der Waals surface area contributed by atoms with E-state index in [1.54, 1.807) is 0 Å². The van der Waals surface area contributed by atoms with Crippen molar-refractivity contribution in [2.45, 2.75) is 44.9 Å². The molecule has 4 nitrogen and oxygen atoms in total. The molecule has 1 aliphatic carbocycles. The van der Waals surface area contributed by atoms with E-state index in [9.17, 15) is 9.90 Å². The maximum atomic E-state index is 11.2. The topological polar surface area (TPSA) is 58.6 Å². The standard InChI is InChI=1S/C14H19NO3/c1-9(2)18-12-7-3-10(4-8-12)13(14(16)17)15-11-5-6-11/h3-4,7-9,11,13,15H,5-6H2,1-2H3,(H,16,17). The summed E-state index contributed by atoms with van der Waals surface area (Å²) in [7, 11) is 0. The molecular weight excluding hydrogens is 230 g/mol. The van der Waals surface area contributed by atoms with Crippen LogP contribution in [0.3, 0.4) is 0 Å². The maximum Gasteiger partial charge on any atom is 0.325 e. The van der Waals surface area contributed by atoms with Gasteiger partial charge < -0.3 is 9.84 Å². The molecule has 1 aliphatic rings. The summed E-state index contributed by atoms with van der Waals surface area (Å²) in [6.45, 7) is 3.92. The minimum Gasteiger partial charge on any atom is -0.491 e.